The number of hydrogen-bond donors (Lipinski definition) is 1. The number of aromatic amines is 1. The summed E-state index contributed by atoms with van der Waals surface area (Å²) in [5.41, 5.74) is 0.414. The van der Waals surface area contributed by atoms with E-state index >= 15 is 0 Å². The molecule has 2 heterocycles. The highest BCUT2D eigenvalue weighted by Gasteiger charge is 2.31. The van der Waals surface area contributed by atoms with Crippen molar-refractivity contribution in [1.82, 2.24) is 9.88 Å². The minimum Gasteiger partial charge on any atom is -0.356 e. The Hall–Kier alpha value is -1.03. The minimum atomic E-state index is -0.866. The quantitative estimate of drug-likeness (QED) is 0.736. The predicted octanol–water partition coefficient (Wildman–Crippen LogP) is 1.46. The molecule has 0 spiro atoms. The van der Waals surface area contributed by atoms with E-state index in [1.165, 1.54) is 17.2 Å². The topological polar surface area (TPSA) is 36.1 Å². The summed E-state index contributed by atoms with van der Waals surface area (Å²) in [4.78, 5) is 15.6. The van der Waals surface area contributed by atoms with Crippen molar-refractivity contribution in [2.45, 2.75) is 6.17 Å². The van der Waals surface area contributed by atoms with Crippen molar-refractivity contribution in [2.24, 2.45) is 0 Å². The van der Waals surface area contributed by atoms with E-state index in [9.17, 15) is 9.18 Å². The molecular formula is C8H8ClFN2O. The molecule has 0 aliphatic carbocycles. The Bertz CT molecular complexity index is 333. The molecule has 1 aromatic heterocycles. The number of likely N-dealkylation sites (tertiary alicyclic amines) is 1. The Balaban J connectivity index is 2.06. The zero-order valence-corrected chi connectivity index (χ0v) is 7.51. The lowest BCUT2D eigenvalue weighted by Crippen LogP contribution is -2.51. The van der Waals surface area contributed by atoms with Crippen molar-refractivity contribution in [1.29, 1.82) is 0 Å². The van der Waals surface area contributed by atoms with Gasteiger partial charge in [0.2, 0.25) is 0 Å². The monoisotopic (exact) mass is 202 g/mol. The standard InChI is InChI=1S/C8H8ClFN2O/c9-5-1-7(11-2-5)8(13)12-3-6(10)4-12/h1-2,6,11H,3-4H2. The van der Waals surface area contributed by atoms with Crippen molar-refractivity contribution in [2.75, 3.05) is 13.1 Å². The number of nitrogens with zero attached hydrogens (tertiary/aromatic N) is 1. The maximum absolute atomic E-state index is 12.4. The number of nitrogens with one attached hydrogen (secondary N) is 1. The van der Waals surface area contributed by atoms with Crippen LogP contribution in [0.5, 0.6) is 0 Å². The van der Waals surface area contributed by atoms with Crippen LogP contribution in [0, 0.1) is 0 Å². The highest BCUT2D eigenvalue weighted by Crippen LogP contribution is 2.17. The van der Waals surface area contributed by atoms with Crippen molar-refractivity contribution >= 4 is 17.5 Å². The van der Waals surface area contributed by atoms with Crippen LogP contribution >= 0.6 is 11.6 Å². The third-order valence-electron chi connectivity index (χ3n) is 2.00. The summed E-state index contributed by atoms with van der Waals surface area (Å²) in [6.07, 6.45) is 0.663. The number of aromatic nitrogens is 1. The van der Waals surface area contributed by atoms with Gasteiger partial charge in [0, 0.05) is 6.20 Å². The normalized spacial score (nSPS) is 17.2. The summed E-state index contributed by atoms with van der Waals surface area (Å²) < 4.78 is 12.4. The first-order valence-corrected chi connectivity index (χ1v) is 4.32. The van der Waals surface area contributed by atoms with Crippen LogP contribution in [0.2, 0.25) is 5.02 Å². The van der Waals surface area contributed by atoms with Crippen molar-refractivity contribution < 1.29 is 9.18 Å². The van der Waals surface area contributed by atoms with Crippen molar-refractivity contribution in [3.8, 4) is 0 Å². The van der Waals surface area contributed by atoms with E-state index < -0.39 is 6.17 Å². The molecule has 0 atom stereocenters. The second-order valence-electron chi connectivity index (χ2n) is 3.04. The van der Waals surface area contributed by atoms with Crippen LogP contribution in [-0.2, 0) is 0 Å². The molecule has 1 fully saturated rings. The fourth-order valence-corrected chi connectivity index (χ4v) is 1.42. The molecule has 5 heteroatoms. The van der Waals surface area contributed by atoms with Gasteiger partial charge in [-0.25, -0.2) is 4.39 Å². The van der Waals surface area contributed by atoms with Gasteiger partial charge in [-0.3, -0.25) is 4.79 Å². The van der Waals surface area contributed by atoms with Crippen LogP contribution in [0.1, 0.15) is 10.5 Å². The van der Waals surface area contributed by atoms with Crippen molar-refractivity contribution in [3.05, 3.63) is 23.0 Å². The molecule has 2 rings (SSSR count). The van der Waals surface area contributed by atoms with E-state index in [4.69, 9.17) is 11.6 Å². The van der Waals surface area contributed by atoms with Crippen LogP contribution in [0.4, 0.5) is 4.39 Å². The van der Waals surface area contributed by atoms with Crippen molar-refractivity contribution in [3.63, 3.8) is 0 Å². The highest BCUT2D eigenvalue weighted by molar-refractivity contribution is 6.30. The summed E-state index contributed by atoms with van der Waals surface area (Å²) >= 11 is 5.62. The SMILES string of the molecule is O=C(c1cc(Cl)c[nH]1)N1CC(F)C1. The predicted molar refractivity (Wildman–Crippen MR) is 46.6 cm³/mol. The minimum absolute atomic E-state index is 0.190. The number of halogens is 2. The molecule has 1 saturated heterocycles. The van der Waals surface area contributed by atoms with E-state index in [0.717, 1.165) is 0 Å². The second kappa shape index (κ2) is 3.03. The van der Waals surface area contributed by atoms with Crippen LogP contribution < -0.4 is 0 Å². The fraction of sp³-hybridized carbons (Fsp3) is 0.375. The maximum atomic E-state index is 12.4. The Morgan fingerprint density at radius 3 is 2.85 bits per heavy atom. The number of carbonyl (C=O) groups excluding carboxylic acids is 1. The van der Waals surface area contributed by atoms with Gasteiger partial charge in [-0.15, -0.1) is 0 Å². The fourth-order valence-electron chi connectivity index (χ4n) is 1.25. The molecule has 70 valence electrons. The number of alkyl halides is 1. The van der Waals surface area contributed by atoms with Gasteiger partial charge in [0.25, 0.3) is 5.91 Å². The number of amides is 1. The number of rotatable bonds is 1. The van der Waals surface area contributed by atoms with Gasteiger partial charge in [-0.1, -0.05) is 11.6 Å². The molecule has 13 heavy (non-hydrogen) atoms. The van der Waals surface area contributed by atoms with Gasteiger partial charge in [-0.05, 0) is 6.07 Å². The lowest BCUT2D eigenvalue weighted by atomic mass is 10.2. The van der Waals surface area contributed by atoms with E-state index in [2.05, 4.69) is 4.98 Å². The summed E-state index contributed by atoms with van der Waals surface area (Å²) in [5, 5.41) is 0.487. The van der Waals surface area contributed by atoms with Crippen LogP contribution in [0.3, 0.4) is 0 Å². The van der Waals surface area contributed by atoms with E-state index in [1.807, 2.05) is 0 Å². The number of H-pyrrole nitrogens is 1. The van der Waals surface area contributed by atoms with Crippen LogP contribution in [0.25, 0.3) is 0 Å². The van der Waals surface area contributed by atoms with Gasteiger partial charge >= 0.3 is 0 Å². The molecule has 0 bridgehead atoms. The first-order chi connectivity index (χ1) is 6.16. The molecule has 3 nitrogen and oxygen atoms in total. The van der Waals surface area contributed by atoms with Crippen LogP contribution in [0.15, 0.2) is 12.3 Å². The zero-order valence-electron chi connectivity index (χ0n) is 6.76. The average Bonchev–Trinajstić information content (AvgIpc) is 2.45. The van der Waals surface area contributed by atoms with E-state index in [1.54, 1.807) is 0 Å². The zero-order chi connectivity index (χ0) is 9.42. The largest absolute Gasteiger partial charge is 0.356 e. The Morgan fingerprint density at radius 2 is 2.38 bits per heavy atom. The first-order valence-electron chi connectivity index (χ1n) is 3.94. The van der Waals surface area contributed by atoms with E-state index in [0.29, 0.717) is 10.7 Å². The van der Waals surface area contributed by atoms with Gasteiger partial charge in [0.15, 0.2) is 0 Å². The molecule has 0 aromatic carbocycles. The summed E-state index contributed by atoms with van der Waals surface area (Å²) in [7, 11) is 0. The Labute approximate surface area is 79.5 Å². The van der Waals surface area contributed by atoms with Gasteiger partial charge in [0.1, 0.15) is 11.9 Å². The molecule has 1 amide bonds. The Morgan fingerprint density at radius 1 is 1.69 bits per heavy atom. The molecule has 1 aromatic rings. The molecule has 1 N–H and O–H groups in total. The van der Waals surface area contributed by atoms with Gasteiger partial charge < -0.3 is 9.88 Å². The first kappa shape index (κ1) is 8.56. The third-order valence-corrected chi connectivity index (χ3v) is 2.22. The molecular weight excluding hydrogens is 195 g/mol. The smallest absolute Gasteiger partial charge is 0.270 e. The Kier molecular flexibility index (Phi) is 2.00. The highest BCUT2D eigenvalue weighted by atomic mass is 35.5. The second-order valence-corrected chi connectivity index (χ2v) is 3.48. The van der Waals surface area contributed by atoms with Crippen LogP contribution in [-0.4, -0.2) is 35.1 Å². The summed E-state index contributed by atoms with van der Waals surface area (Å²) in [6.45, 7) is 0.380. The number of hydrogen-bond acceptors (Lipinski definition) is 1. The molecule has 1 aliphatic rings. The van der Waals surface area contributed by atoms with Gasteiger partial charge in [0.05, 0.1) is 18.1 Å². The third kappa shape index (κ3) is 1.54. The summed E-state index contributed by atoms with van der Waals surface area (Å²) in [6, 6.07) is 1.54. The number of carbonyl (C=O) groups is 1. The van der Waals surface area contributed by atoms with E-state index in [-0.39, 0.29) is 19.0 Å². The molecule has 0 unspecified atom stereocenters. The summed E-state index contributed by atoms with van der Waals surface area (Å²) in [5.74, 6) is -0.194. The molecule has 0 radical (unpaired) electrons. The lowest BCUT2D eigenvalue weighted by Gasteiger charge is -2.33. The average molecular weight is 203 g/mol. The molecule has 0 saturated carbocycles. The van der Waals surface area contributed by atoms with Gasteiger partial charge in [-0.2, -0.15) is 0 Å². The molecule has 1 aliphatic heterocycles. The maximum Gasteiger partial charge on any atom is 0.270 e. The lowest BCUT2D eigenvalue weighted by molar-refractivity contribution is 0.0395.